The highest BCUT2D eigenvalue weighted by Crippen LogP contribution is 2.21. The van der Waals surface area contributed by atoms with Crippen LogP contribution in [0.15, 0.2) is 54.6 Å². The van der Waals surface area contributed by atoms with Crippen molar-refractivity contribution in [1.82, 2.24) is 4.90 Å². The summed E-state index contributed by atoms with van der Waals surface area (Å²) in [6, 6.07) is 16.9. The Balaban J connectivity index is 1.85. The fraction of sp³-hybridized carbons (Fsp3) is 0.364. The van der Waals surface area contributed by atoms with Crippen LogP contribution in [0.3, 0.4) is 0 Å². The number of hydrogen-bond acceptors (Lipinski definition) is 4. The maximum atomic E-state index is 12.8. The summed E-state index contributed by atoms with van der Waals surface area (Å²) in [7, 11) is 1.76. The van der Waals surface area contributed by atoms with Gasteiger partial charge >= 0.3 is 5.97 Å². The molecule has 2 rings (SSSR count). The van der Waals surface area contributed by atoms with Gasteiger partial charge in [-0.3, -0.25) is 4.79 Å². The van der Waals surface area contributed by atoms with E-state index < -0.39 is 11.4 Å². The zero-order valence-corrected chi connectivity index (χ0v) is 16.6. The van der Waals surface area contributed by atoms with Crippen molar-refractivity contribution in [3.8, 4) is 5.75 Å². The molecule has 0 atom stereocenters. The second kappa shape index (κ2) is 9.90. The van der Waals surface area contributed by atoms with Crippen molar-refractivity contribution in [3.05, 3.63) is 65.7 Å². The Morgan fingerprint density at radius 2 is 1.64 bits per heavy atom. The summed E-state index contributed by atoms with van der Waals surface area (Å²) in [5.74, 6) is -0.548. The molecule has 28 heavy (non-hydrogen) atoms. The predicted octanol–water partition coefficient (Wildman–Crippen LogP) is 3.35. The number of benzene rings is 2. The molecular formula is C22H27NO5. The first-order valence-corrected chi connectivity index (χ1v) is 9.09. The molecule has 2 aromatic carbocycles. The topological polar surface area (TPSA) is 76.1 Å². The van der Waals surface area contributed by atoms with Gasteiger partial charge in [0.1, 0.15) is 5.75 Å². The smallest absolute Gasteiger partial charge is 0.341 e. The average Bonchev–Trinajstić information content (AvgIpc) is 2.67. The second-order valence-corrected chi connectivity index (χ2v) is 7.35. The summed E-state index contributed by atoms with van der Waals surface area (Å²) in [5.41, 5.74) is 1.36. The number of carboxylic acids is 1. The zero-order chi connectivity index (χ0) is 20.6. The standard InChI is InChI=1S/C22H27NO5/c1-22(2,16-27-14-18-7-5-4-6-8-18)21(26)23(3)13-17-9-11-19(12-10-17)28-15-20(24)25/h4-12H,13-16H2,1-3H3,(H,24,25). The van der Waals surface area contributed by atoms with Crippen LogP contribution in [0.5, 0.6) is 5.75 Å². The predicted molar refractivity (Wildman–Crippen MR) is 106 cm³/mol. The molecule has 0 saturated heterocycles. The number of ether oxygens (including phenoxy) is 2. The summed E-state index contributed by atoms with van der Waals surface area (Å²) in [5, 5.41) is 8.63. The van der Waals surface area contributed by atoms with Gasteiger partial charge in [-0.25, -0.2) is 4.79 Å². The lowest BCUT2D eigenvalue weighted by atomic mass is 9.92. The van der Waals surface area contributed by atoms with Crippen LogP contribution in [0.25, 0.3) is 0 Å². The molecule has 0 unspecified atom stereocenters. The molecule has 0 aliphatic rings. The van der Waals surface area contributed by atoms with Crippen molar-refractivity contribution in [2.24, 2.45) is 5.41 Å². The maximum Gasteiger partial charge on any atom is 0.341 e. The Hall–Kier alpha value is -2.86. The molecule has 0 radical (unpaired) electrons. The molecule has 2 aromatic rings. The molecule has 6 heteroatoms. The van der Waals surface area contributed by atoms with Gasteiger partial charge in [0.05, 0.1) is 18.6 Å². The van der Waals surface area contributed by atoms with Crippen molar-refractivity contribution in [2.75, 3.05) is 20.3 Å². The lowest BCUT2D eigenvalue weighted by Gasteiger charge is -2.29. The molecule has 0 saturated carbocycles. The molecule has 0 aromatic heterocycles. The first-order chi connectivity index (χ1) is 13.3. The van der Waals surface area contributed by atoms with E-state index >= 15 is 0 Å². The highest BCUT2D eigenvalue weighted by atomic mass is 16.5. The van der Waals surface area contributed by atoms with Crippen LogP contribution in [0.2, 0.25) is 0 Å². The van der Waals surface area contributed by atoms with Gasteiger partial charge in [-0.2, -0.15) is 0 Å². The number of amides is 1. The highest BCUT2D eigenvalue weighted by Gasteiger charge is 2.30. The number of hydrogen-bond donors (Lipinski definition) is 1. The lowest BCUT2D eigenvalue weighted by molar-refractivity contribution is -0.143. The van der Waals surface area contributed by atoms with E-state index in [1.165, 1.54) is 0 Å². The molecule has 0 aliphatic carbocycles. The Kier molecular flexibility index (Phi) is 7.58. The third-order valence-electron chi connectivity index (χ3n) is 4.21. The van der Waals surface area contributed by atoms with Crippen LogP contribution in [0.1, 0.15) is 25.0 Å². The first-order valence-electron chi connectivity index (χ1n) is 9.09. The summed E-state index contributed by atoms with van der Waals surface area (Å²) < 4.78 is 10.9. The Labute approximate surface area is 165 Å². The molecule has 0 fully saturated rings. The van der Waals surface area contributed by atoms with E-state index in [4.69, 9.17) is 14.6 Å². The number of carbonyl (C=O) groups excluding carboxylic acids is 1. The van der Waals surface area contributed by atoms with Gasteiger partial charge in [0.25, 0.3) is 0 Å². The van der Waals surface area contributed by atoms with Gasteiger partial charge in [-0.1, -0.05) is 42.5 Å². The summed E-state index contributed by atoms with van der Waals surface area (Å²) in [4.78, 5) is 25.0. The minimum absolute atomic E-state index is 0.00762. The Bertz CT molecular complexity index is 771. The highest BCUT2D eigenvalue weighted by molar-refractivity contribution is 5.81. The van der Waals surface area contributed by atoms with Crippen molar-refractivity contribution < 1.29 is 24.2 Å². The molecule has 0 spiro atoms. The third kappa shape index (κ3) is 6.70. The average molecular weight is 385 g/mol. The molecule has 0 aliphatic heterocycles. The monoisotopic (exact) mass is 385 g/mol. The van der Waals surface area contributed by atoms with Crippen LogP contribution in [0, 0.1) is 5.41 Å². The minimum atomic E-state index is -1.02. The van der Waals surface area contributed by atoms with Gasteiger partial charge in [0, 0.05) is 13.6 Å². The van der Waals surface area contributed by atoms with Crippen molar-refractivity contribution in [3.63, 3.8) is 0 Å². The first kappa shape index (κ1) is 21.4. The Morgan fingerprint density at radius 3 is 2.25 bits per heavy atom. The number of rotatable bonds is 10. The van der Waals surface area contributed by atoms with Crippen molar-refractivity contribution >= 4 is 11.9 Å². The maximum absolute atomic E-state index is 12.8. The van der Waals surface area contributed by atoms with Gasteiger partial charge in [-0.05, 0) is 37.1 Å². The summed E-state index contributed by atoms with van der Waals surface area (Å²) in [6.07, 6.45) is 0. The van der Waals surface area contributed by atoms with E-state index in [-0.39, 0.29) is 12.5 Å². The van der Waals surface area contributed by atoms with E-state index in [2.05, 4.69) is 0 Å². The SMILES string of the molecule is CN(Cc1ccc(OCC(=O)O)cc1)C(=O)C(C)(C)COCc1ccccc1. The van der Waals surface area contributed by atoms with E-state index in [1.54, 1.807) is 24.1 Å². The van der Waals surface area contributed by atoms with E-state index in [1.807, 2.05) is 56.3 Å². The molecular weight excluding hydrogens is 358 g/mol. The van der Waals surface area contributed by atoms with E-state index in [9.17, 15) is 9.59 Å². The molecule has 1 N–H and O–H groups in total. The van der Waals surface area contributed by atoms with Gasteiger partial charge < -0.3 is 19.5 Å². The van der Waals surface area contributed by atoms with Crippen LogP contribution < -0.4 is 4.74 Å². The zero-order valence-electron chi connectivity index (χ0n) is 16.6. The summed E-state index contributed by atoms with van der Waals surface area (Å²) >= 11 is 0. The second-order valence-electron chi connectivity index (χ2n) is 7.35. The normalized spacial score (nSPS) is 11.1. The minimum Gasteiger partial charge on any atom is -0.482 e. The van der Waals surface area contributed by atoms with Crippen molar-refractivity contribution in [1.29, 1.82) is 0 Å². The Morgan fingerprint density at radius 1 is 1.00 bits per heavy atom. The number of nitrogens with zero attached hydrogens (tertiary/aromatic N) is 1. The fourth-order valence-corrected chi connectivity index (χ4v) is 2.76. The third-order valence-corrected chi connectivity index (χ3v) is 4.21. The van der Waals surface area contributed by atoms with Gasteiger partial charge in [0.15, 0.2) is 6.61 Å². The molecule has 6 nitrogen and oxygen atoms in total. The quantitative estimate of drug-likeness (QED) is 0.679. The van der Waals surface area contributed by atoms with Crippen LogP contribution in [0.4, 0.5) is 0 Å². The lowest BCUT2D eigenvalue weighted by Crippen LogP contribution is -2.40. The largest absolute Gasteiger partial charge is 0.482 e. The fourth-order valence-electron chi connectivity index (χ4n) is 2.76. The molecule has 1 amide bonds. The molecule has 0 bridgehead atoms. The van der Waals surface area contributed by atoms with Crippen molar-refractivity contribution in [2.45, 2.75) is 27.0 Å². The van der Waals surface area contributed by atoms with Crippen LogP contribution in [-0.4, -0.2) is 42.1 Å². The van der Waals surface area contributed by atoms with Gasteiger partial charge in [0.2, 0.25) is 5.91 Å². The number of carbonyl (C=O) groups is 2. The van der Waals surface area contributed by atoms with Crippen LogP contribution in [-0.2, 0) is 27.5 Å². The number of carboxylic acid groups (broad SMARTS) is 1. The van der Waals surface area contributed by atoms with E-state index in [0.717, 1.165) is 11.1 Å². The van der Waals surface area contributed by atoms with Gasteiger partial charge in [-0.15, -0.1) is 0 Å². The number of aliphatic carboxylic acids is 1. The van der Waals surface area contributed by atoms with E-state index in [0.29, 0.717) is 25.5 Å². The van der Waals surface area contributed by atoms with Crippen LogP contribution >= 0.6 is 0 Å². The summed E-state index contributed by atoms with van der Waals surface area (Å²) in [6.45, 7) is 4.61. The molecule has 0 heterocycles. The molecule has 150 valence electrons.